The molecule has 1 aliphatic rings. The minimum atomic E-state index is 0.173. The molecule has 0 amide bonds. The molecule has 94 valence electrons. The van der Waals surface area contributed by atoms with Gasteiger partial charge in [-0.3, -0.25) is 4.98 Å². The van der Waals surface area contributed by atoms with Crippen molar-refractivity contribution < 1.29 is 5.11 Å². The standard InChI is InChI=1S/C15H18N2O/c18-11-15(5-6-15)10-17-9-13-3-1-2-12-8-16-7-4-14(12)13/h1-4,7-8,17-18H,5-6,9-11H2. The summed E-state index contributed by atoms with van der Waals surface area (Å²) >= 11 is 0. The van der Waals surface area contributed by atoms with Crippen LogP contribution in [0.15, 0.2) is 36.7 Å². The highest BCUT2D eigenvalue weighted by molar-refractivity contribution is 5.84. The van der Waals surface area contributed by atoms with Crippen molar-refractivity contribution in [2.75, 3.05) is 13.2 Å². The van der Waals surface area contributed by atoms with Gasteiger partial charge in [0.2, 0.25) is 0 Å². The monoisotopic (exact) mass is 242 g/mol. The van der Waals surface area contributed by atoms with Crippen molar-refractivity contribution in [3.8, 4) is 0 Å². The van der Waals surface area contributed by atoms with Crippen LogP contribution in [0, 0.1) is 5.41 Å². The summed E-state index contributed by atoms with van der Waals surface area (Å²) < 4.78 is 0. The third-order valence-electron chi connectivity index (χ3n) is 3.88. The van der Waals surface area contributed by atoms with E-state index in [-0.39, 0.29) is 5.41 Å². The summed E-state index contributed by atoms with van der Waals surface area (Å²) in [6, 6.07) is 8.36. The molecular weight excluding hydrogens is 224 g/mol. The first-order valence-corrected chi connectivity index (χ1v) is 6.46. The molecule has 0 unspecified atom stereocenters. The smallest absolute Gasteiger partial charge is 0.0499 e. The van der Waals surface area contributed by atoms with Crippen molar-refractivity contribution >= 4 is 10.8 Å². The Hall–Kier alpha value is -1.45. The summed E-state index contributed by atoms with van der Waals surface area (Å²) in [5, 5.41) is 15.2. The lowest BCUT2D eigenvalue weighted by molar-refractivity contribution is 0.207. The Labute approximate surface area is 107 Å². The minimum Gasteiger partial charge on any atom is -0.396 e. The Balaban J connectivity index is 1.71. The van der Waals surface area contributed by atoms with E-state index in [1.165, 1.54) is 16.3 Å². The molecule has 1 aromatic heterocycles. The summed E-state index contributed by atoms with van der Waals surface area (Å²) in [5.74, 6) is 0. The van der Waals surface area contributed by atoms with Crippen LogP contribution in [0.2, 0.25) is 0 Å². The quantitative estimate of drug-likeness (QED) is 0.844. The second-order valence-corrected chi connectivity index (χ2v) is 5.28. The maximum atomic E-state index is 9.28. The zero-order valence-electron chi connectivity index (χ0n) is 10.4. The van der Waals surface area contributed by atoms with Crippen LogP contribution in [-0.2, 0) is 6.54 Å². The Kier molecular flexibility index (Phi) is 3.02. The zero-order valence-corrected chi connectivity index (χ0v) is 10.4. The molecule has 0 bridgehead atoms. The molecule has 3 rings (SSSR count). The molecule has 0 radical (unpaired) electrons. The molecule has 1 heterocycles. The van der Waals surface area contributed by atoms with E-state index in [0.717, 1.165) is 25.9 Å². The molecule has 1 fully saturated rings. The SMILES string of the molecule is OCC1(CNCc2cccc3cnccc23)CC1. The van der Waals surface area contributed by atoms with E-state index in [4.69, 9.17) is 0 Å². The lowest BCUT2D eigenvalue weighted by Gasteiger charge is -2.13. The van der Waals surface area contributed by atoms with Gasteiger partial charge in [0.25, 0.3) is 0 Å². The van der Waals surface area contributed by atoms with E-state index in [0.29, 0.717) is 6.61 Å². The van der Waals surface area contributed by atoms with Gasteiger partial charge in [-0.25, -0.2) is 0 Å². The number of fused-ring (bicyclic) bond motifs is 1. The van der Waals surface area contributed by atoms with Crippen LogP contribution in [0.25, 0.3) is 10.8 Å². The van der Waals surface area contributed by atoms with Gasteiger partial charge >= 0.3 is 0 Å². The lowest BCUT2D eigenvalue weighted by Crippen LogP contribution is -2.26. The molecular formula is C15H18N2O. The number of aliphatic hydroxyl groups is 1. The van der Waals surface area contributed by atoms with Crippen LogP contribution in [-0.4, -0.2) is 23.2 Å². The minimum absolute atomic E-state index is 0.173. The normalized spacial score (nSPS) is 16.9. The molecule has 0 atom stereocenters. The molecule has 1 aromatic carbocycles. The van der Waals surface area contributed by atoms with E-state index >= 15 is 0 Å². The van der Waals surface area contributed by atoms with Gasteiger partial charge in [-0.2, -0.15) is 0 Å². The fourth-order valence-corrected chi connectivity index (χ4v) is 2.37. The summed E-state index contributed by atoms with van der Waals surface area (Å²) in [6.45, 7) is 2.06. The highest BCUT2D eigenvalue weighted by Crippen LogP contribution is 2.44. The molecule has 2 N–H and O–H groups in total. The topological polar surface area (TPSA) is 45.1 Å². The van der Waals surface area contributed by atoms with E-state index in [1.807, 2.05) is 12.4 Å². The Morgan fingerprint density at radius 1 is 1.28 bits per heavy atom. The summed E-state index contributed by atoms with van der Waals surface area (Å²) in [5.41, 5.74) is 1.47. The van der Waals surface area contributed by atoms with Crippen molar-refractivity contribution in [1.29, 1.82) is 0 Å². The number of hydrogen-bond acceptors (Lipinski definition) is 3. The van der Waals surface area contributed by atoms with Gasteiger partial charge in [-0.15, -0.1) is 0 Å². The highest BCUT2D eigenvalue weighted by Gasteiger charge is 2.41. The van der Waals surface area contributed by atoms with E-state index < -0.39 is 0 Å². The average Bonchev–Trinajstić information content (AvgIpc) is 3.20. The number of nitrogens with one attached hydrogen (secondary N) is 1. The molecule has 0 spiro atoms. The van der Waals surface area contributed by atoms with Crippen LogP contribution in [0.4, 0.5) is 0 Å². The zero-order chi connectivity index (χ0) is 12.4. The van der Waals surface area contributed by atoms with Gasteiger partial charge in [0, 0.05) is 42.9 Å². The first kappa shape index (κ1) is 11.6. The van der Waals surface area contributed by atoms with E-state index in [2.05, 4.69) is 34.6 Å². The van der Waals surface area contributed by atoms with Crippen molar-refractivity contribution in [2.24, 2.45) is 5.41 Å². The molecule has 3 nitrogen and oxygen atoms in total. The average molecular weight is 242 g/mol. The van der Waals surface area contributed by atoms with Crippen LogP contribution >= 0.6 is 0 Å². The largest absolute Gasteiger partial charge is 0.396 e. The number of benzene rings is 1. The van der Waals surface area contributed by atoms with Crippen LogP contribution in [0.5, 0.6) is 0 Å². The van der Waals surface area contributed by atoms with E-state index in [9.17, 15) is 5.11 Å². The molecule has 1 saturated carbocycles. The predicted molar refractivity (Wildman–Crippen MR) is 72.2 cm³/mol. The first-order chi connectivity index (χ1) is 8.83. The molecule has 3 heteroatoms. The van der Waals surface area contributed by atoms with Gasteiger partial charge in [0.05, 0.1) is 0 Å². The molecule has 1 aliphatic carbocycles. The van der Waals surface area contributed by atoms with Gasteiger partial charge in [0.15, 0.2) is 0 Å². The van der Waals surface area contributed by atoms with Crippen molar-refractivity contribution in [3.63, 3.8) is 0 Å². The second-order valence-electron chi connectivity index (χ2n) is 5.28. The first-order valence-electron chi connectivity index (χ1n) is 6.46. The summed E-state index contributed by atoms with van der Waals surface area (Å²) in [7, 11) is 0. The maximum Gasteiger partial charge on any atom is 0.0499 e. The van der Waals surface area contributed by atoms with Gasteiger partial charge in [-0.1, -0.05) is 18.2 Å². The molecule has 2 aromatic rings. The fourth-order valence-electron chi connectivity index (χ4n) is 2.37. The van der Waals surface area contributed by atoms with Gasteiger partial charge in [-0.05, 0) is 29.9 Å². The second kappa shape index (κ2) is 4.67. The van der Waals surface area contributed by atoms with Gasteiger partial charge in [0.1, 0.15) is 0 Å². The number of hydrogen-bond donors (Lipinski definition) is 2. The van der Waals surface area contributed by atoms with Crippen molar-refractivity contribution in [3.05, 3.63) is 42.2 Å². The summed E-state index contributed by atoms with van der Waals surface area (Å²) in [4.78, 5) is 4.14. The third-order valence-corrected chi connectivity index (χ3v) is 3.88. The third kappa shape index (κ3) is 2.24. The predicted octanol–water partition coefficient (Wildman–Crippen LogP) is 2.10. The Morgan fingerprint density at radius 3 is 2.94 bits per heavy atom. The number of pyridine rings is 1. The van der Waals surface area contributed by atoms with Crippen LogP contribution in [0.1, 0.15) is 18.4 Å². The number of nitrogens with zero attached hydrogens (tertiary/aromatic N) is 1. The van der Waals surface area contributed by atoms with Crippen LogP contribution in [0.3, 0.4) is 0 Å². The lowest BCUT2D eigenvalue weighted by atomic mass is 10.1. The number of aromatic nitrogens is 1. The van der Waals surface area contributed by atoms with Crippen molar-refractivity contribution in [1.82, 2.24) is 10.3 Å². The highest BCUT2D eigenvalue weighted by atomic mass is 16.3. The Morgan fingerprint density at radius 2 is 2.17 bits per heavy atom. The van der Waals surface area contributed by atoms with Crippen LogP contribution < -0.4 is 5.32 Å². The fraction of sp³-hybridized carbons (Fsp3) is 0.400. The summed E-state index contributed by atoms with van der Waals surface area (Å²) in [6.07, 6.45) is 6.03. The number of aliphatic hydroxyl groups excluding tert-OH is 1. The maximum absolute atomic E-state index is 9.28. The van der Waals surface area contributed by atoms with E-state index in [1.54, 1.807) is 0 Å². The number of rotatable bonds is 5. The molecule has 0 saturated heterocycles. The van der Waals surface area contributed by atoms with Crippen molar-refractivity contribution in [2.45, 2.75) is 19.4 Å². The molecule has 18 heavy (non-hydrogen) atoms. The Bertz CT molecular complexity index is 544. The van der Waals surface area contributed by atoms with Gasteiger partial charge < -0.3 is 10.4 Å². The molecule has 0 aliphatic heterocycles.